The van der Waals surface area contributed by atoms with Crippen molar-refractivity contribution in [1.29, 1.82) is 0 Å². The van der Waals surface area contributed by atoms with Crippen LogP contribution >= 0.6 is 11.3 Å². The van der Waals surface area contributed by atoms with Crippen molar-refractivity contribution in [2.45, 2.75) is 25.8 Å². The van der Waals surface area contributed by atoms with Crippen LogP contribution < -0.4 is 10.5 Å². The zero-order chi connectivity index (χ0) is 12.8. The lowest BCUT2D eigenvalue weighted by Gasteiger charge is -2.11. The molecule has 1 atom stereocenters. The van der Waals surface area contributed by atoms with Crippen LogP contribution in [0.4, 0.5) is 0 Å². The lowest BCUT2D eigenvalue weighted by atomic mass is 10.2. The number of nitrogens with zero attached hydrogens (tertiary/aromatic N) is 1. The Kier molecular flexibility index (Phi) is 4.73. The molecule has 2 aromatic rings. The van der Waals surface area contributed by atoms with Gasteiger partial charge in [0.05, 0.1) is 11.6 Å². The first-order chi connectivity index (χ1) is 8.74. The molecule has 0 fully saturated rings. The third-order valence-corrected chi connectivity index (χ3v) is 3.59. The maximum absolute atomic E-state index is 6.07. The van der Waals surface area contributed by atoms with Crippen LogP contribution in [0.3, 0.4) is 0 Å². The van der Waals surface area contributed by atoms with E-state index in [1.165, 1.54) is 0 Å². The topological polar surface area (TPSA) is 48.1 Å². The summed E-state index contributed by atoms with van der Waals surface area (Å²) in [6, 6.07) is 9.93. The molecule has 2 rings (SSSR count). The molecule has 0 aliphatic rings. The second-order valence-corrected chi connectivity index (χ2v) is 5.24. The summed E-state index contributed by atoms with van der Waals surface area (Å²) in [6.07, 6.45) is 1.67. The van der Waals surface area contributed by atoms with E-state index in [0.717, 1.165) is 29.3 Å². The fraction of sp³-hybridized carbons (Fsp3) is 0.357. The normalized spacial score (nSPS) is 12.3. The number of hydrogen-bond donors (Lipinski definition) is 1. The van der Waals surface area contributed by atoms with Gasteiger partial charge >= 0.3 is 0 Å². The van der Waals surface area contributed by atoms with E-state index in [-0.39, 0.29) is 6.04 Å². The Morgan fingerprint density at radius 2 is 2.11 bits per heavy atom. The van der Waals surface area contributed by atoms with Crippen molar-refractivity contribution >= 4 is 11.3 Å². The van der Waals surface area contributed by atoms with Crippen molar-refractivity contribution in [2.24, 2.45) is 5.73 Å². The van der Waals surface area contributed by atoms with E-state index in [1.807, 2.05) is 37.3 Å². The standard InChI is InChI=1S/C14H18N2OS/c1-11-10-18-14(16-11)9-12(15)7-8-17-13-5-3-2-4-6-13/h2-6,10,12H,7-9,15H2,1H3. The summed E-state index contributed by atoms with van der Waals surface area (Å²) in [5.41, 5.74) is 7.14. The molecule has 1 aromatic heterocycles. The maximum Gasteiger partial charge on any atom is 0.119 e. The van der Waals surface area contributed by atoms with Crippen molar-refractivity contribution in [1.82, 2.24) is 4.98 Å². The van der Waals surface area contributed by atoms with E-state index in [1.54, 1.807) is 11.3 Å². The van der Waals surface area contributed by atoms with Crippen LogP contribution in [0.1, 0.15) is 17.1 Å². The van der Waals surface area contributed by atoms with Crippen LogP contribution in [-0.4, -0.2) is 17.6 Å². The number of ether oxygens (including phenoxy) is 1. The fourth-order valence-corrected chi connectivity index (χ4v) is 2.53. The number of para-hydroxylation sites is 1. The van der Waals surface area contributed by atoms with Gasteiger partial charge in [-0.15, -0.1) is 11.3 Å². The smallest absolute Gasteiger partial charge is 0.119 e. The molecular formula is C14H18N2OS. The molecule has 0 saturated heterocycles. The fourth-order valence-electron chi connectivity index (χ4n) is 1.67. The van der Waals surface area contributed by atoms with Crippen LogP contribution in [0.25, 0.3) is 0 Å². The Labute approximate surface area is 112 Å². The predicted molar refractivity (Wildman–Crippen MR) is 75.1 cm³/mol. The third-order valence-electron chi connectivity index (χ3n) is 2.60. The monoisotopic (exact) mass is 262 g/mol. The Morgan fingerprint density at radius 3 is 2.78 bits per heavy atom. The second-order valence-electron chi connectivity index (χ2n) is 4.30. The van der Waals surface area contributed by atoms with E-state index in [4.69, 9.17) is 10.5 Å². The minimum Gasteiger partial charge on any atom is -0.494 e. The molecule has 0 radical (unpaired) electrons. The largest absolute Gasteiger partial charge is 0.494 e. The van der Waals surface area contributed by atoms with Gasteiger partial charge in [-0.2, -0.15) is 0 Å². The summed E-state index contributed by atoms with van der Waals surface area (Å²) in [4.78, 5) is 4.41. The molecule has 1 aromatic carbocycles. The van der Waals surface area contributed by atoms with Gasteiger partial charge in [0, 0.05) is 23.5 Å². The molecule has 0 aliphatic carbocycles. The molecule has 96 valence electrons. The molecule has 2 N–H and O–H groups in total. The molecule has 18 heavy (non-hydrogen) atoms. The average Bonchev–Trinajstić information content (AvgIpc) is 2.76. The summed E-state index contributed by atoms with van der Waals surface area (Å²) in [5.74, 6) is 0.898. The molecule has 0 spiro atoms. The highest BCUT2D eigenvalue weighted by molar-refractivity contribution is 7.09. The van der Waals surface area contributed by atoms with Gasteiger partial charge in [0.1, 0.15) is 5.75 Å². The Morgan fingerprint density at radius 1 is 1.33 bits per heavy atom. The van der Waals surface area contributed by atoms with Gasteiger partial charge in [-0.25, -0.2) is 4.98 Å². The number of rotatable bonds is 6. The number of nitrogens with two attached hydrogens (primary N) is 1. The highest BCUT2D eigenvalue weighted by atomic mass is 32.1. The minimum atomic E-state index is 0.110. The number of aromatic nitrogens is 1. The van der Waals surface area contributed by atoms with Crippen LogP contribution in [0.2, 0.25) is 0 Å². The van der Waals surface area contributed by atoms with Crippen molar-refractivity contribution in [2.75, 3.05) is 6.61 Å². The van der Waals surface area contributed by atoms with Crippen LogP contribution in [-0.2, 0) is 6.42 Å². The lowest BCUT2D eigenvalue weighted by Crippen LogP contribution is -2.25. The summed E-state index contributed by atoms with van der Waals surface area (Å²) in [7, 11) is 0. The second kappa shape index (κ2) is 6.52. The number of thiazole rings is 1. The van der Waals surface area contributed by atoms with Crippen LogP contribution in [0.15, 0.2) is 35.7 Å². The molecule has 1 unspecified atom stereocenters. The minimum absolute atomic E-state index is 0.110. The molecule has 1 heterocycles. The molecule has 0 bridgehead atoms. The van der Waals surface area contributed by atoms with E-state index in [9.17, 15) is 0 Å². The first kappa shape index (κ1) is 13.1. The van der Waals surface area contributed by atoms with Crippen molar-refractivity contribution in [3.8, 4) is 5.75 Å². The summed E-state index contributed by atoms with van der Waals surface area (Å²) < 4.78 is 5.62. The van der Waals surface area contributed by atoms with Crippen molar-refractivity contribution in [3.05, 3.63) is 46.4 Å². The van der Waals surface area contributed by atoms with Crippen molar-refractivity contribution in [3.63, 3.8) is 0 Å². The summed E-state index contributed by atoms with van der Waals surface area (Å²) in [6.45, 7) is 2.65. The Hall–Kier alpha value is -1.39. The van der Waals surface area contributed by atoms with Gasteiger partial charge in [0.25, 0.3) is 0 Å². The van der Waals surface area contributed by atoms with Gasteiger partial charge in [0.2, 0.25) is 0 Å². The molecular weight excluding hydrogens is 244 g/mol. The Bertz CT molecular complexity index is 470. The molecule has 4 heteroatoms. The predicted octanol–water partition coefficient (Wildman–Crippen LogP) is 2.79. The SMILES string of the molecule is Cc1csc(CC(N)CCOc2ccccc2)n1. The van der Waals surface area contributed by atoms with Gasteiger partial charge in [-0.3, -0.25) is 0 Å². The number of hydrogen-bond acceptors (Lipinski definition) is 4. The van der Waals surface area contributed by atoms with Crippen LogP contribution in [0.5, 0.6) is 5.75 Å². The molecule has 0 aliphatic heterocycles. The zero-order valence-corrected chi connectivity index (χ0v) is 11.3. The van der Waals surface area contributed by atoms with E-state index in [2.05, 4.69) is 10.4 Å². The number of benzene rings is 1. The molecule has 0 amide bonds. The average molecular weight is 262 g/mol. The van der Waals surface area contributed by atoms with Gasteiger partial charge in [-0.05, 0) is 25.5 Å². The summed E-state index contributed by atoms with van der Waals surface area (Å²) >= 11 is 1.68. The van der Waals surface area contributed by atoms with E-state index < -0.39 is 0 Å². The molecule has 3 nitrogen and oxygen atoms in total. The first-order valence-corrected chi connectivity index (χ1v) is 6.96. The third kappa shape index (κ3) is 4.13. The lowest BCUT2D eigenvalue weighted by molar-refractivity contribution is 0.297. The quantitative estimate of drug-likeness (QED) is 0.871. The van der Waals surface area contributed by atoms with Gasteiger partial charge < -0.3 is 10.5 Å². The van der Waals surface area contributed by atoms with E-state index >= 15 is 0 Å². The maximum atomic E-state index is 6.07. The number of aryl methyl sites for hydroxylation is 1. The summed E-state index contributed by atoms with van der Waals surface area (Å²) in [5, 5.41) is 3.17. The van der Waals surface area contributed by atoms with Crippen LogP contribution in [0, 0.1) is 6.92 Å². The molecule has 0 saturated carbocycles. The van der Waals surface area contributed by atoms with E-state index in [0.29, 0.717) is 6.61 Å². The van der Waals surface area contributed by atoms with Gasteiger partial charge in [-0.1, -0.05) is 18.2 Å². The zero-order valence-electron chi connectivity index (χ0n) is 10.5. The highest BCUT2D eigenvalue weighted by Gasteiger charge is 2.07. The first-order valence-electron chi connectivity index (χ1n) is 6.08. The van der Waals surface area contributed by atoms with Crippen molar-refractivity contribution < 1.29 is 4.74 Å². The van der Waals surface area contributed by atoms with Gasteiger partial charge in [0.15, 0.2) is 0 Å². The highest BCUT2D eigenvalue weighted by Crippen LogP contribution is 2.12. The Balaban J connectivity index is 1.70.